The molecule has 7 nitrogen and oxygen atoms in total. The first kappa shape index (κ1) is 19.1. The third-order valence-corrected chi connectivity index (χ3v) is 7.35. The van der Waals surface area contributed by atoms with Crippen molar-refractivity contribution in [3.05, 3.63) is 23.8 Å². The Morgan fingerprint density at radius 2 is 1.88 bits per heavy atom. The minimum Gasteiger partial charge on any atom is -0.493 e. The van der Waals surface area contributed by atoms with Gasteiger partial charge in [0.1, 0.15) is 11.3 Å². The van der Waals surface area contributed by atoms with Gasteiger partial charge in [-0.25, -0.2) is 13.2 Å². The van der Waals surface area contributed by atoms with Crippen LogP contribution in [-0.4, -0.2) is 56.7 Å². The molecule has 1 aromatic rings. The number of rotatable bonds is 5. The van der Waals surface area contributed by atoms with Crippen LogP contribution in [0.4, 0.5) is 0 Å². The van der Waals surface area contributed by atoms with E-state index < -0.39 is 16.0 Å². The lowest BCUT2D eigenvalue weighted by atomic mass is 9.73. The average molecular weight is 383 g/mol. The number of ether oxygens (including phenoxy) is 2. The number of nitrogens with zero attached hydrogens (tertiary/aromatic N) is 1. The molecule has 8 heteroatoms. The van der Waals surface area contributed by atoms with Crippen molar-refractivity contribution in [1.82, 2.24) is 4.31 Å². The predicted octanol–water partition coefficient (Wildman–Crippen LogP) is 2.36. The minimum absolute atomic E-state index is 0.00119. The number of carboxylic acid groups (broad SMARTS) is 1. The fourth-order valence-corrected chi connectivity index (χ4v) is 5.24. The van der Waals surface area contributed by atoms with Gasteiger partial charge in [-0.15, -0.1) is 0 Å². The Morgan fingerprint density at radius 3 is 2.46 bits per heavy atom. The zero-order chi connectivity index (χ0) is 18.8. The van der Waals surface area contributed by atoms with E-state index in [1.54, 1.807) is 6.92 Å². The highest BCUT2D eigenvalue weighted by Gasteiger charge is 2.39. The SMILES string of the molecule is CCOc1ccc(S(=O)(=O)N2CCC3(CCOCC3)CC2)cc1C(=O)O. The maximum Gasteiger partial charge on any atom is 0.339 e. The molecule has 0 aromatic heterocycles. The molecule has 0 aliphatic carbocycles. The van der Waals surface area contributed by atoms with Gasteiger partial charge in [0, 0.05) is 26.3 Å². The standard InChI is InChI=1S/C18H25NO6S/c1-2-25-16-4-3-14(13-15(16)17(20)21)26(22,23)19-9-5-18(6-10-19)7-11-24-12-8-18/h3-4,13H,2,5-12H2,1H3,(H,20,21). The van der Waals surface area contributed by atoms with Crippen molar-refractivity contribution in [3.8, 4) is 5.75 Å². The van der Waals surface area contributed by atoms with Gasteiger partial charge in [-0.3, -0.25) is 0 Å². The molecular weight excluding hydrogens is 358 g/mol. The molecule has 0 bridgehead atoms. The molecule has 2 aliphatic heterocycles. The first-order valence-corrected chi connectivity index (χ1v) is 10.4. The Balaban J connectivity index is 1.80. The predicted molar refractivity (Wildman–Crippen MR) is 95.0 cm³/mol. The van der Waals surface area contributed by atoms with Crippen molar-refractivity contribution in [3.63, 3.8) is 0 Å². The Labute approximate surface area is 154 Å². The quantitative estimate of drug-likeness (QED) is 0.839. The Hall–Kier alpha value is -1.64. The highest BCUT2D eigenvalue weighted by molar-refractivity contribution is 7.89. The van der Waals surface area contributed by atoms with Crippen molar-refractivity contribution in [2.45, 2.75) is 37.5 Å². The highest BCUT2D eigenvalue weighted by atomic mass is 32.2. The van der Waals surface area contributed by atoms with Crippen molar-refractivity contribution >= 4 is 16.0 Å². The molecule has 2 saturated heterocycles. The first-order chi connectivity index (χ1) is 12.4. The lowest BCUT2D eigenvalue weighted by Gasteiger charge is -2.43. The summed E-state index contributed by atoms with van der Waals surface area (Å²) in [6.07, 6.45) is 3.59. The fourth-order valence-electron chi connectivity index (χ4n) is 3.77. The summed E-state index contributed by atoms with van der Waals surface area (Å²) in [6, 6.07) is 4.04. The van der Waals surface area contributed by atoms with Crippen molar-refractivity contribution in [2.24, 2.45) is 5.41 Å². The molecule has 0 saturated carbocycles. The fraction of sp³-hybridized carbons (Fsp3) is 0.611. The second-order valence-electron chi connectivity index (χ2n) is 6.91. The minimum atomic E-state index is -3.72. The number of piperidine rings is 1. The molecule has 1 spiro atoms. The van der Waals surface area contributed by atoms with Gasteiger partial charge in [0.15, 0.2) is 0 Å². The topological polar surface area (TPSA) is 93.1 Å². The van der Waals surface area contributed by atoms with Crippen LogP contribution in [0.2, 0.25) is 0 Å². The van der Waals surface area contributed by atoms with Gasteiger partial charge in [0.25, 0.3) is 0 Å². The molecule has 144 valence electrons. The zero-order valence-electron chi connectivity index (χ0n) is 14.9. The summed E-state index contributed by atoms with van der Waals surface area (Å²) in [7, 11) is -3.72. The number of hydrogen-bond donors (Lipinski definition) is 1. The molecule has 1 N–H and O–H groups in total. The summed E-state index contributed by atoms with van der Waals surface area (Å²) in [4.78, 5) is 11.5. The highest BCUT2D eigenvalue weighted by Crippen LogP contribution is 2.41. The number of hydrogen-bond acceptors (Lipinski definition) is 5. The summed E-state index contributed by atoms with van der Waals surface area (Å²) in [6.45, 7) is 4.46. The molecule has 26 heavy (non-hydrogen) atoms. The number of carbonyl (C=O) groups is 1. The largest absolute Gasteiger partial charge is 0.493 e. The third kappa shape index (κ3) is 3.72. The van der Waals surface area contributed by atoms with Gasteiger partial charge < -0.3 is 14.6 Å². The van der Waals surface area contributed by atoms with Gasteiger partial charge in [0.2, 0.25) is 10.0 Å². The summed E-state index contributed by atoms with van der Waals surface area (Å²) in [5, 5.41) is 9.36. The van der Waals surface area contributed by atoms with E-state index in [1.165, 1.54) is 22.5 Å². The van der Waals surface area contributed by atoms with Crippen LogP contribution >= 0.6 is 0 Å². The molecule has 1 aromatic carbocycles. The second kappa shape index (κ2) is 7.54. The molecule has 0 amide bonds. The van der Waals surface area contributed by atoms with E-state index in [4.69, 9.17) is 9.47 Å². The van der Waals surface area contributed by atoms with Crippen LogP contribution in [0.25, 0.3) is 0 Å². The van der Waals surface area contributed by atoms with Crippen molar-refractivity contribution in [1.29, 1.82) is 0 Å². The Morgan fingerprint density at radius 1 is 1.23 bits per heavy atom. The van der Waals surface area contributed by atoms with Crippen LogP contribution < -0.4 is 4.74 Å². The average Bonchev–Trinajstić information content (AvgIpc) is 2.63. The van der Waals surface area contributed by atoms with Crippen molar-refractivity contribution < 1.29 is 27.8 Å². The van der Waals surface area contributed by atoms with Gasteiger partial charge in [-0.05, 0) is 56.2 Å². The zero-order valence-corrected chi connectivity index (χ0v) is 15.8. The molecule has 3 rings (SSSR count). The summed E-state index contributed by atoms with van der Waals surface area (Å²) in [5.74, 6) is -1.02. The first-order valence-electron chi connectivity index (χ1n) is 8.96. The molecule has 2 fully saturated rings. The van der Waals surface area contributed by atoms with E-state index in [-0.39, 0.29) is 21.6 Å². The van der Waals surface area contributed by atoms with Crippen LogP contribution in [0.3, 0.4) is 0 Å². The number of benzene rings is 1. The lowest BCUT2D eigenvalue weighted by molar-refractivity contribution is -0.00999. The molecule has 2 heterocycles. The van der Waals surface area contributed by atoms with E-state index in [1.807, 2.05) is 0 Å². The third-order valence-electron chi connectivity index (χ3n) is 5.46. The van der Waals surface area contributed by atoms with Gasteiger partial charge in [-0.2, -0.15) is 4.31 Å². The van der Waals surface area contributed by atoms with Gasteiger partial charge in [-0.1, -0.05) is 0 Å². The van der Waals surface area contributed by atoms with Crippen molar-refractivity contribution in [2.75, 3.05) is 32.9 Å². The van der Waals surface area contributed by atoms with Gasteiger partial charge in [0.05, 0.1) is 11.5 Å². The number of aromatic carboxylic acids is 1. The normalized spacial score (nSPS) is 20.8. The molecule has 0 unspecified atom stereocenters. The Kier molecular flexibility index (Phi) is 5.55. The maximum atomic E-state index is 13.0. The van der Waals surface area contributed by atoms with E-state index in [0.717, 1.165) is 38.9 Å². The van der Waals surface area contributed by atoms with Gasteiger partial charge >= 0.3 is 5.97 Å². The summed E-state index contributed by atoms with van der Waals surface area (Å²) in [5.41, 5.74) is 0.0563. The maximum absolute atomic E-state index is 13.0. The molecule has 0 radical (unpaired) electrons. The van der Waals surface area contributed by atoms with E-state index >= 15 is 0 Å². The molecule has 2 aliphatic rings. The smallest absolute Gasteiger partial charge is 0.339 e. The van der Waals surface area contributed by atoms with E-state index in [0.29, 0.717) is 19.7 Å². The lowest BCUT2D eigenvalue weighted by Crippen LogP contribution is -2.45. The van der Waals surface area contributed by atoms with E-state index in [2.05, 4.69) is 0 Å². The monoisotopic (exact) mass is 383 g/mol. The van der Waals surface area contributed by atoms with E-state index in [9.17, 15) is 18.3 Å². The molecular formula is C18H25NO6S. The number of sulfonamides is 1. The van der Waals surface area contributed by atoms with Crippen LogP contribution in [0.1, 0.15) is 43.0 Å². The molecule has 0 atom stereocenters. The summed E-state index contributed by atoms with van der Waals surface area (Å²) < 4.78 is 38.1. The number of carboxylic acids is 1. The van der Waals surface area contributed by atoms with Crippen LogP contribution in [0.5, 0.6) is 5.75 Å². The second-order valence-corrected chi connectivity index (χ2v) is 8.85. The van der Waals surface area contributed by atoms with Crippen LogP contribution in [0, 0.1) is 5.41 Å². The Bertz CT molecular complexity index is 760. The van der Waals surface area contributed by atoms with Crippen LogP contribution in [0.15, 0.2) is 23.1 Å². The summed E-state index contributed by atoms with van der Waals surface area (Å²) >= 11 is 0. The van der Waals surface area contributed by atoms with Crippen LogP contribution in [-0.2, 0) is 14.8 Å².